The van der Waals surface area contributed by atoms with E-state index in [9.17, 15) is 0 Å². The van der Waals surface area contributed by atoms with E-state index >= 15 is 0 Å². The molecule has 0 N–H and O–H groups in total. The van der Waals surface area contributed by atoms with Crippen molar-refractivity contribution >= 4 is 27.8 Å². The molecule has 2 aliphatic carbocycles. The van der Waals surface area contributed by atoms with Crippen LogP contribution in [0, 0.1) is 0 Å². The maximum Gasteiger partial charge on any atom is 0.0503 e. The topological polar surface area (TPSA) is 3.24 Å². The molecule has 0 aromatic heterocycles. The number of hydrogen-bond donors (Lipinski definition) is 0. The normalized spacial score (nSPS) is 16.7. The molecule has 6 aromatic rings. The summed E-state index contributed by atoms with van der Waals surface area (Å²) in [6.07, 6.45) is 2.49. The highest BCUT2D eigenvalue weighted by Crippen LogP contribution is 2.63. The summed E-state index contributed by atoms with van der Waals surface area (Å²) in [6.45, 7) is 4.76. The fraction of sp³-hybridized carbons (Fsp3) is 0.150. The summed E-state index contributed by atoms with van der Waals surface area (Å²) in [6, 6.07) is 47.8. The largest absolute Gasteiger partial charge is 0.310 e. The highest BCUT2D eigenvalue weighted by atomic mass is 15.2. The summed E-state index contributed by atoms with van der Waals surface area (Å²) in [5.41, 5.74) is 15.0. The average Bonchev–Trinajstić information content (AvgIpc) is 3.78. The van der Waals surface area contributed by atoms with Gasteiger partial charge in [0, 0.05) is 16.5 Å². The Bertz CT molecular complexity index is 2040. The minimum Gasteiger partial charge on any atom is -0.310 e. The molecule has 196 valence electrons. The Labute approximate surface area is 241 Å². The zero-order valence-electron chi connectivity index (χ0n) is 23.5. The Morgan fingerprint density at radius 2 is 1.15 bits per heavy atom. The first-order chi connectivity index (χ1) is 20.0. The molecule has 0 amide bonds. The molecule has 0 bridgehead atoms. The quantitative estimate of drug-likeness (QED) is 0.217. The van der Waals surface area contributed by atoms with Gasteiger partial charge in [0.15, 0.2) is 0 Å². The summed E-state index contributed by atoms with van der Waals surface area (Å²) in [7, 11) is 0. The van der Waals surface area contributed by atoms with Gasteiger partial charge in [-0.1, -0.05) is 105 Å². The lowest BCUT2D eigenvalue weighted by Gasteiger charge is -2.42. The third-order valence-electron chi connectivity index (χ3n) is 10.1. The van der Waals surface area contributed by atoms with Gasteiger partial charge in [0.2, 0.25) is 0 Å². The maximum atomic E-state index is 2.51. The van der Waals surface area contributed by atoms with Crippen molar-refractivity contribution in [3.63, 3.8) is 0 Å². The summed E-state index contributed by atoms with van der Waals surface area (Å²) in [4.78, 5) is 2.51. The van der Waals surface area contributed by atoms with Crippen LogP contribution in [-0.4, -0.2) is 0 Å². The number of anilines is 3. The van der Waals surface area contributed by atoms with Crippen LogP contribution in [0.5, 0.6) is 0 Å². The minimum absolute atomic E-state index is 0.125. The van der Waals surface area contributed by atoms with Gasteiger partial charge in [0.1, 0.15) is 0 Å². The van der Waals surface area contributed by atoms with Gasteiger partial charge in [0.05, 0.1) is 11.4 Å². The molecule has 1 aliphatic heterocycles. The third-order valence-corrected chi connectivity index (χ3v) is 10.1. The zero-order chi connectivity index (χ0) is 27.3. The monoisotopic (exact) mass is 525 g/mol. The lowest BCUT2D eigenvalue weighted by molar-refractivity contribution is 0.632. The summed E-state index contributed by atoms with van der Waals surface area (Å²) in [5.74, 6) is 0. The predicted octanol–water partition coefficient (Wildman–Crippen LogP) is 10.7. The Morgan fingerprint density at radius 3 is 2.00 bits per heavy atom. The van der Waals surface area contributed by atoms with Crippen molar-refractivity contribution in [2.24, 2.45) is 0 Å². The van der Waals surface area contributed by atoms with E-state index in [1.165, 1.54) is 85.2 Å². The van der Waals surface area contributed by atoms with Gasteiger partial charge in [-0.3, -0.25) is 0 Å². The van der Waals surface area contributed by atoms with Crippen LogP contribution in [0.15, 0.2) is 127 Å². The maximum absolute atomic E-state index is 2.51. The molecule has 1 spiro atoms. The first-order valence-corrected chi connectivity index (χ1v) is 14.8. The van der Waals surface area contributed by atoms with Gasteiger partial charge >= 0.3 is 0 Å². The molecule has 0 unspecified atom stereocenters. The minimum atomic E-state index is -0.125. The van der Waals surface area contributed by atoms with Gasteiger partial charge in [0.25, 0.3) is 0 Å². The second-order valence-corrected chi connectivity index (χ2v) is 12.6. The van der Waals surface area contributed by atoms with Crippen LogP contribution < -0.4 is 4.90 Å². The number of benzene rings is 6. The highest BCUT2D eigenvalue weighted by Gasteiger charge is 2.52. The third kappa shape index (κ3) is 3.12. The molecular weight excluding hydrogens is 494 g/mol. The molecule has 41 heavy (non-hydrogen) atoms. The molecule has 0 radical (unpaired) electrons. The van der Waals surface area contributed by atoms with Crippen molar-refractivity contribution in [3.05, 3.63) is 150 Å². The van der Waals surface area contributed by atoms with E-state index in [1.54, 1.807) is 0 Å². The lowest BCUT2D eigenvalue weighted by Crippen LogP contribution is -2.30. The zero-order valence-corrected chi connectivity index (χ0v) is 23.5. The molecular formula is C40H31N. The van der Waals surface area contributed by atoms with Gasteiger partial charge < -0.3 is 4.90 Å². The Balaban J connectivity index is 1.23. The van der Waals surface area contributed by atoms with Crippen LogP contribution in [0.3, 0.4) is 0 Å². The second-order valence-electron chi connectivity index (χ2n) is 12.6. The van der Waals surface area contributed by atoms with Crippen molar-refractivity contribution in [3.8, 4) is 22.3 Å². The van der Waals surface area contributed by atoms with E-state index < -0.39 is 0 Å². The first-order valence-electron chi connectivity index (χ1n) is 14.8. The number of hydrogen-bond acceptors (Lipinski definition) is 1. The Kier molecular flexibility index (Phi) is 4.50. The average molecular weight is 526 g/mol. The fourth-order valence-electron chi connectivity index (χ4n) is 7.78. The van der Waals surface area contributed by atoms with E-state index in [2.05, 4.69) is 146 Å². The number of para-hydroxylation sites is 1. The van der Waals surface area contributed by atoms with Gasteiger partial charge in [-0.2, -0.15) is 0 Å². The van der Waals surface area contributed by atoms with Gasteiger partial charge in [-0.15, -0.1) is 0 Å². The molecule has 3 aliphatic rings. The molecule has 1 heteroatoms. The molecule has 0 saturated heterocycles. The van der Waals surface area contributed by atoms with E-state index in [4.69, 9.17) is 0 Å². The van der Waals surface area contributed by atoms with Gasteiger partial charge in [-0.25, -0.2) is 0 Å². The summed E-state index contributed by atoms with van der Waals surface area (Å²) >= 11 is 0. The van der Waals surface area contributed by atoms with Crippen molar-refractivity contribution in [1.29, 1.82) is 0 Å². The van der Waals surface area contributed by atoms with E-state index in [0.29, 0.717) is 0 Å². The van der Waals surface area contributed by atoms with Crippen molar-refractivity contribution in [2.45, 2.75) is 37.5 Å². The van der Waals surface area contributed by atoms with Crippen LogP contribution in [0.25, 0.3) is 33.0 Å². The summed E-state index contributed by atoms with van der Waals surface area (Å²) in [5, 5.41) is 2.56. The molecule has 1 fully saturated rings. The molecule has 1 nitrogen and oxygen atoms in total. The van der Waals surface area contributed by atoms with Crippen LogP contribution in [-0.2, 0) is 10.8 Å². The molecule has 0 atom stereocenters. The number of rotatable bonds is 2. The van der Waals surface area contributed by atoms with E-state index in [-0.39, 0.29) is 10.8 Å². The van der Waals surface area contributed by atoms with Crippen molar-refractivity contribution in [2.75, 3.05) is 4.90 Å². The van der Waals surface area contributed by atoms with E-state index in [1.807, 2.05) is 0 Å². The van der Waals surface area contributed by atoms with E-state index in [0.717, 1.165) is 0 Å². The Morgan fingerprint density at radius 1 is 0.488 bits per heavy atom. The standard InChI is InChI=1S/C40H31N/c1-39(2)34-13-7-8-14-37(34)41(30-18-19-32-31-11-5-6-12-33(31)40(21-22-40)35(32)25-30)38-20-17-29(24-36(38)39)28-16-15-26-9-3-4-10-27(26)23-28/h3-20,23-25H,21-22H2,1-2H3. The van der Waals surface area contributed by atoms with Crippen molar-refractivity contribution < 1.29 is 0 Å². The molecule has 1 saturated carbocycles. The second kappa shape index (κ2) is 7.98. The molecule has 1 heterocycles. The lowest BCUT2D eigenvalue weighted by atomic mass is 9.73. The van der Waals surface area contributed by atoms with Crippen LogP contribution in [0.4, 0.5) is 17.1 Å². The number of nitrogens with zero attached hydrogens (tertiary/aromatic N) is 1. The smallest absolute Gasteiger partial charge is 0.0503 e. The van der Waals surface area contributed by atoms with Crippen LogP contribution >= 0.6 is 0 Å². The summed E-state index contributed by atoms with van der Waals surface area (Å²) < 4.78 is 0. The molecule has 6 aromatic carbocycles. The molecule has 9 rings (SSSR count). The predicted molar refractivity (Wildman–Crippen MR) is 172 cm³/mol. The highest BCUT2D eigenvalue weighted by molar-refractivity contribution is 5.92. The number of fused-ring (bicyclic) bond motifs is 8. The van der Waals surface area contributed by atoms with Crippen LogP contribution in [0.1, 0.15) is 48.9 Å². The fourth-order valence-corrected chi connectivity index (χ4v) is 7.78. The SMILES string of the molecule is CC1(C)c2ccccc2N(c2ccc3c(c2)C2(CC2)c2ccccc2-3)c2ccc(-c3ccc4ccccc4c3)cc21. The van der Waals surface area contributed by atoms with Gasteiger partial charge in [-0.05, 0) is 105 Å². The van der Waals surface area contributed by atoms with Crippen LogP contribution in [0.2, 0.25) is 0 Å². The first kappa shape index (κ1) is 23.1. The van der Waals surface area contributed by atoms with Crippen molar-refractivity contribution in [1.82, 2.24) is 0 Å². The Hall–Kier alpha value is -4.62.